The summed E-state index contributed by atoms with van der Waals surface area (Å²) in [7, 11) is 0. The van der Waals surface area contributed by atoms with Crippen LogP contribution in [0.1, 0.15) is 25.1 Å². The average molecular weight is 159 g/mol. The van der Waals surface area contributed by atoms with Gasteiger partial charge in [-0.25, -0.2) is 0 Å². The van der Waals surface area contributed by atoms with Crippen LogP contribution >= 0.6 is 0 Å². The van der Waals surface area contributed by atoms with E-state index in [9.17, 15) is 0 Å². The van der Waals surface area contributed by atoms with Crippen molar-refractivity contribution in [2.24, 2.45) is 0 Å². The van der Waals surface area contributed by atoms with E-state index in [1.807, 2.05) is 44.3 Å². The van der Waals surface area contributed by atoms with Crippen LogP contribution in [-0.4, -0.2) is 4.98 Å². The summed E-state index contributed by atoms with van der Waals surface area (Å²) in [6, 6.07) is 4.00. The van der Waals surface area contributed by atoms with Crippen LogP contribution < -0.4 is 0 Å². The smallest absolute Gasteiger partial charge is 0.0698 e. The first-order valence-electron chi connectivity index (χ1n) is 4.09. The topological polar surface area (TPSA) is 12.9 Å². The van der Waals surface area contributed by atoms with Gasteiger partial charge in [0, 0.05) is 6.20 Å². The van der Waals surface area contributed by atoms with Crippen molar-refractivity contribution in [1.29, 1.82) is 0 Å². The van der Waals surface area contributed by atoms with Gasteiger partial charge in [0.05, 0.1) is 5.69 Å². The van der Waals surface area contributed by atoms with E-state index in [0.29, 0.717) is 0 Å². The lowest BCUT2D eigenvalue weighted by Gasteiger charge is -1.97. The molecule has 0 aliphatic rings. The molecule has 62 valence electrons. The number of pyridine rings is 1. The van der Waals surface area contributed by atoms with E-state index in [2.05, 4.69) is 17.1 Å². The molecule has 0 fully saturated rings. The Hall–Kier alpha value is -1.37. The molecule has 0 aromatic carbocycles. The Bertz CT molecular complexity index is 267. The Balaban J connectivity index is 3.08. The molecule has 0 bridgehead atoms. The Morgan fingerprint density at radius 1 is 1.17 bits per heavy atom. The molecule has 0 spiro atoms. The normalized spacial score (nSPS) is 11.5. The van der Waals surface area contributed by atoms with Crippen molar-refractivity contribution in [2.45, 2.75) is 13.8 Å². The van der Waals surface area contributed by atoms with Crippen LogP contribution in [-0.2, 0) is 0 Å². The maximum atomic E-state index is 4.25. The fraction of sp³-hybridized carbons (Fsp3) is 0.182. The van der Waals surface area contributed by atoms with Crippen molar-refractivity contribution < 1.29 is 0 Å². The number of hydrogen-bond acceptors (Lipinski definition) is 1. The maximum absolute atomic E-state index is 4.25. The minimum Gasteiger partial charge on any atom is -0.256 e. The zero-order valence-corrected chi connectivity index (χ0v) is 7.49. The van der Waals surface area contributed by atoms with Gasteiger partial charge in [0.1, 0.15) is 0 Å². The van der Waals surface area contributed by atoms with Crippen molar-refractivity contribution in [1.82, 2.24) is 4.98 Å². The maximum Gasteiger partial charge on any atom is 0.0698 e. The fourth-order valence-corrected chi connectivity index (χ4v) is 1.05. The third-order valence-electron chi connectivity index (χ3n) is 1.54. The van der Waals surface area contributed by atoms with Crippen LogP contribution in [0.3, 0.4) is 0 Å². The number of hydrogen-bond donors (Lipinski definition) is 0. The first-order chi connectivity index (χ1) is 5.88. The number of allylic oxidation sites excluding steroid dienone is 2. The van der Waals surface area contributed by atoms with E-state index in [-0.39, 0.29) is 0 Å². The van der Waals surface area contributed by atoms with Gasteiger partial charge in [0.25, 0.3) is 0 Å². The van der Waals surface area contributed by atoms with Crippen molar-refractivity contribution in [3.8, 4) is 0 Å². The molecule has 0 radical (unpaired) electrons. The zero-order chi connectivity index (χ0) is 8.81. The minimum absolute atomic E-state index is 1.03. The van der Waals surface area contributed by atoms with Crippen LogP contribution in [0.15, 0.2) is 30.5 Å². The van der Waals surface area contributed by atoms with Crippen molar-refractivity contribution in [3.05, 3.63) is 41.7 Å². The minimum atomic E-state index is 1.03. The quantitative estimate of drug-likeness (QED) is 0.646. The molecule has 1 aromatic rings. The van der Waals surface area contributed by atoms with Crippen LogP contribution in [0.25, 0.3) is 12.2 Å². The van der Waals surface area contributed by atoms with Gasteiger partial charge in [-0.15, -0.1) is 0 Å². The SMILES string of the molecule is C/C=C\c1cccnc1/C=C\C. The molecule has 0 aliphatic carbocycles. The van der Waals surface area contributed by atoms with Gasteiger partial charge in [-0.3, -0.25) is 4.98 Å². The molecule has 1 aromatic heterocycles. The summed E-state index contributed by atoms with van der Waals surface area (Å²) in [6.07, 6.45) is 9.89. The van der Waals surface area contributed by atoms with Gasteiger partial charge >= 0.3 is 0 Å². The molecule has 0 saturated heterocycles. The fourth-order valence-electron chi connectivity index (χ4n) is 1.05. The second-order valence-corrected chi connectivity index (χ2v) is 2.48. The first-order valence-corrected chi connectivity index (χ1v) is 4.09. The van der Waals surface area contributed by atoms with Crippen molar-refractivity contribution in [2.75, 3.05) is 0 Å². The molecule has 1 heteroatoms. The summed E-state index contributed by atoms with van der Waals surface area (Å²) in [6.45, 7) is 4.00. The highest BCUT2D eigenvalue weighted by atomic mass is 14.7. The van der Waals surface area contributed by atoms with Crippen LogP contribution in [0.5, 0.6) is 0 Å². The van der Waals surface area contributed by atoms with E-state index in [0.717, 1.165) is 11.3 Å². The zero-order valence-electron chi connectivity index (χ0n) is 7.49. The molecule has 0 unspecified atom stereocenters. The summed E-state index contributed by atoms with van der Waals surface area (Å²) in [5, 5.41) is 0. The van der Waals surface area contributed by atoms with Gasteiger partial charge in [-0.05, 0) is 31.6 Å². The van der Waals surface area contributed by atoms with E-state index in [1.165, 1.54) is 0 Å². The molecule has 12 heavy (non-hydrogen) atoms. The summed E-state index contributed by atoms with van der Waals surface area (Å²) in [5.74, 6) is 0. The van der Waals surface area contributed by atoms with Crippen LogP contribution in [0, 0.1) is 0 Å². The molecule has 0 amide bonds. The monoisotopic (exact) mass is 159 g/mol. The van der Waals surface area contributed by atoms with E-state index in [1.54, 1.807) is 0 Å². The third kappa shape index (κ3) is 2.06. The molecule has 0 saturated carbocycles. The molecular weight excluding hydrogens is 146 g/mol. The highest BCUT2D eigenvalue weighted by Crippen LogP contribution is 2.08. The standard InChI is InChI=1S/C11H13N/c1-3-6-10-8-5-9-12-11(10)7-4-2/h3-9H,1-2H3/b6-3-,7-4-. The number of nitrogens with zero attached hydrogens (tertiary/aromatic N) is 1. The number of rotatable bonds is 2. The lowest BCUT2D eigenvalue weighted by Crippen LogP contribution is -1.83. The Labute approximate surface area is 73.5 Å². The highest BCUT2D eigenvalue weighted by Gasteiger charge is 1.92. The largest absolute Gasteiger partial charge is 0.256 e. The lowest BCUT2D eigenvalue weighted by atomic mass is 10.1. The van der Waals surface area contributed by atoms with Crippen LogP contribution in [0.2, 0.25) is 0 Å². The van der Waals surface area contributed by atoms with Gasteiger partial charge < -0.3 is 0 Å². The van der Waals surface area contributed by atoms with Crippen molar-refractivity contribution in [3.63, 3.8) is 0 Å². The summed E-state index contributed by atoms with van der Waals surface area (Å²) >= 11 is 0. The molecule has 1 heterocycles. The predicted molar refractivity (Wildman–Crippen MR) is 53.7 cm³/mol. The third-order valence-corrected chi connectivity index (χ3v) is 1.54. The highest BCUT2D eigenvalue weighted by molar-refractivity contribution is 5.61. The van der Waals surface area contributed by atoms with E-state index < -0.39 is 0 Å². The van der Waals surface area contributed by atoms with E-state index >= 15 is 0 Å². The van der Waals surface area contributed by atoms with Gasteiger partial charge in [0.15, 0.2) is 0 Å². The molecule has 0 atom stereocenters. The van der Waals surface area contributed by atoms with Gasteiger partial charge in [0.2, 0.25) is 0 Å². The average Bonchev–Trinajstić information content (AvgIpc) is 2.09. The molecule has 0 aliphatic heterocycles. The second kappa shape index (κ2) is 4.50. The van der Waals surface area contributed by atoms with Crippen LogP contribution in [0.4, 0.5) is 0 Å². The Kier molecular flexibility index (Phi) is 3.27. The predicted octanol–water partition coefficient (Wildman–Crippen LogP) is 3.15. The first kappa shape index (κ1) is 8.72. The number of aromatic nitrogens is 1. The Morgan fingerprint density at radius 2 is 1.92 bits per heavy atom. The van der Waals surface area contributed by atoms with E-state index in [4.69, 9.17) is 0 Å². The van der Waals surface area contributed by atoms with Gasteiger partial charge in [-0.1, -0.05) is 24.3 Å². The Morgan fingerprint density at radius 3 is 2.58 bits per heavy atom. The molecular formula is C11H13N. The summed E-state index contributed by atoms with van der Waals surface area (Å²) < 4.78 is 0. The molecule has 1 nitrogen and oxygen atoms in total. The molecule has 1 rings (SSSR count). The van der Waals surface area contributed by atoms with Gasteiger partial charge in [-0.2, -0.15) is 0 Å². The lowest BCUT2D eigenvalue weighted by molar-refractivity contribution is 1.28. The summed E-state index contributed by atoms with van der Waals surface area (Å²) in [4.78, 5) is 4.25. The summed E-state index contributed by atoms with van der Waals surface area (Å²) in [5.41, 5.74) is 2.19. The van der Waals surface area contributed by atoms with Crippen molar-refractivity contribution >= 4 is 12.2 Å². The molecule has 0 N–H and O–H groups in total. The second-order valence-electron chi connectivity index (χ2n) is 2.48.